The van der Waals surface area contributed by atoms with Crippen molar-refractivity contribution in [2.45, 2.75) is 19.1 Å². The first kappa shape index (κ1) is 21.0. The van der Waals surface area contributed by atoms with Crippen LogP contribution in [0.25, 0.3) is 11.3 Å². The first-order chi connectivity index (χ1) is 14.1. The average molecular weight is 400 g/mol. The highest BCUT2D eigenvalue weighted by Crippen LogP contribution is 2.26. The highest BCUT2D eigenvalue weighted by Gasteiger charge is 2.26. The third-order valence-corrected chi connectivity index (χ3v) is 5.20. The molecule has 0 spiro atoms. The van der Waals surface area contributed by atoms with Gasteiger partial charge in [-0.1, -0.05) is 0 Å². The number of methoxy groups -OCH3 is 3. The molecule has 156 valence electrons. The maximum Gasteiger partial charge on any atom is 0.223 e. The molecule has 0 aliphatic carbocycles. The highest BCUT2D eigenvalue weighted by molar-refractivity contribution is 5.79. The van der Waals surface area contributed by atoms with Gasteiger partial charge in [0.2, 0.25) is 5.91 Å². The number of amides is 1. The lowest BCUT2D eigenvalue weighted by Crippen LogP contribution is -2.43. The van der Waals surface area contributed by atoms with Crippen molar-refractivity contribution in [3.8, 4) is 17.0 Å². The van der Waals surface area contributed by atoms with Gasteiger partial charge in [-0.25, -0.2) is 9.97 Å². The average Bonchev–Trinajstić information content (AvgIpc) is 2.80. The highest BCUT2D eigenvalue weighted by atomic mass is 16.7. The maximum absolute atomic E-state index is 12.4. The predicted octanol–water partition coefficient (Wildman–Crippen LogP) is 2.10. The van der Waals surface area contributed by atoms with Crippen LogP contribution in [-0.4, -0.2) is 63.1 Å². The van der Waals surface area contributed by atoms with Gasteiger partial charge in [-0.15, -0.1) is 0 Å². The Morgan fingerprint density at radius 3 is 2.45 bits per heavy atom. The second kappa shape index (κ2) is 10.2. The summed E-state index contributed by atoms with van der Waals surface area (Å²) in [5, 5.41) is 2.91. The van der Waals surface area contributed by atoms with Crippen molar-refractivity contribution in [3.05, 3.63) is 36.7 Å². The molecular formula is C21H28N4O4. The van der Waals surface area contributed by atoms with Gasteiger partial charge in [-0.05, 0) is 37.1 Å². The minimum atomic E-state index is -0.420. The van der Waals surface area contributed by atoms with Crippen LogP contribution in [0.1, 0.15) is 12.8 Å². The van der Waals surface area contributed by atoms with Crippen LogP contribution in [0, 0.1) is 5.92 Å². The fourth-order valence-corrected chi connectivity index (χ4v) is 3.40. The number of hydrogen-bond acceptors (Lipinski definition) is 7. The Morgan fingerprint density at radius 2 is 1.83 bits per heavy atom. The van der Waals surface area contributed by atoms with Crippen LogP contribution in [0.5, 0.6) is 5.75 Å². The van der Waals surface area contributed by atoms with Crippen LogP contribution in [0.4, 0.5) is 5.82 Å². The smallest absolute Gasteiger partial charge is 0.223 e. The molecule has 3 rings (SSSR count). The SMILES string of the molecule is COc1ccc(-c2cc(N3CCC(C(=O)NCC(OC)OC)CC3)ncn2)cc1. The second-order valence-electron chi connectivity index (χ2n) is 6.90. The molecule has 1 amide bonds. The van der Waals surface area contributed by atoms with Gasteiger partial charge >= 0.3 is 0 Å². The number of carbonyl (C=O) groups excluding carboxylic acids is 1. The van der Waals surface area contributed by atoms with Gasteiger partial charge in [-0.3, -0.25) is 4.79 Å². The summed E-state index contributed by atoms with van der Waals surface area (Å²) in [7, 11) is 4.76. The maximum atomic E-state index is 12.4. The molecule has 1 aliphatic heterocycles. The van der Waals surface area contributed by atoms with E-state index in [4.69, 9.17) is 14.2 Å². The number of nitrogens with one attached hydrogen (secondary N) is 1. The summed E-state index contributed by atoms with van der Waals surface area (Å²) < 4.78 is 15.4. The van der Waals surface area contributed by atoms with Crippen molar-refractivity contribution in [3.63, 3.8) is 0 Å². The fraction of sp³-hybridized carbons (Fsp3) is 0.476. The van der Waals surface area contributed by atoms with Crippen molar-refractivity contribution in [1.29, 1.82) is 0 Å². The van der Waals surface area contributed by atoms with Gasteiger partial charge in [0.1, 0.15) is 17.9 Å². The van der Waals surface area contributed by atoms with E-state index in [0.717, 1.165) is 48.8 Å². The molecule has 2 heterocycles. The van der Waals surface area contributed by atoms with E-state index in [9.17, 15) is 4.79 Å². The van der Waals surface area contributed by atoms with E-state index in [-0.39, 0.29) is 11.8 Å². The van der Waals surface area contributed by atoms with Crippen molar-refractivity contribution >= 4 is 11.7 Å². The molecule has 0 bridgehead atoms. The van der Waals surface area contributed by atoms with Crippen molar-refractivity contribution in [2.75, 3.05) is 45.9 Å². The minimum absolute atomic E-state index is 0.0106. The second-order valence-corrected chi connectivity index (χ2v) is 6.90. The van der Waals surface area contributed by atoms with Crippen LogP contribution in [-0.2, 0) is 14.3 Å². The van der Waals surface area contributed by atoms with Crippen molar-refractivity contribution in [2.24, 2.45) is 5.92 Å². The molecule has 0 atom stereocenters. The van der Waals surface area contributed by atoms with Gasteiger partial charge in [-0.2, -0.15) is 0 Å². The Labute approximate surface area is 171 Å². The quantitative estimate of drug-likeness (QED) is 0.679. The predicted molar refractivity (Wildman–Crippen MR) is 110 cm³/mol. The molecule has 1 aromatic carbocycles. The number of carbonyl (C=O) groups is 1. The van der Waals surface area contributed by atoms with Crippen LogP contribution in [0.15, 0.2) is 36.7 Å². The number of hydrogen-bond donors (Lipinski definition) is 1. The lowest BCUT2D eigenvalue weighted by molar-refractivity contribution is -0.131. The molecule has 1 aromatic heterocycles. The summed E-state index contributed by atoms with van der Waals surface area (Å²) >= 11 is 0. The summed E-state index contributed by atoms with van der Waals surface area (Å²) in [6.07, 6.45) is 2.72. The van der Waals surface area contributed by atoms with Crippen LogP contribution < -0.4 is 15.0 Å². The fourth-order valence-electron chi connectivity index (χ4n) is 3.40. The number of nitrogens with zero attached hydrogens (tertiary/aromatic N) is 3. The summed E-state index contributed by atoms with van der Waals surface area (Å²) in [4.78, 5) is 23.4. The number of ether oxygens (including phenoxy) is 3. The van der Waals surface area contributed by atoms with Gasteiger partial charge in [0.05, 0.1) is 19.3 Å². The Balaban J connectivity index is 1.57. The number of piperidine rings is 1. The molecule has 8 heteroatoms. The number of aromatic nitrogens is 2. The molecule has 0 saturated carbocycles. The summed E-state index contributed by atoms with van der Waals surface area (Å²) in [6, 6.07) is 9.78. The van der Waals surface area contributed by atoms with Gasteiger partial charge in [0, 0.05) is 44.9 Å². The minimum Gasteiger partial charge on any atom is -0.497 e. The Morgan fingerprint density at radius 1 is 1.14 bits per heavy atom. The van der Waals surface area contributed by atoms with Gasteiger partial charge in [0.15, 0.2) is 6.29 Å². The molecule has 1 saturated heterocycles. The van der Waals surface area contributed by atoms with E-state index in [1.807, 2.05) is 30.3 Å². The van der Waals surface area contributed by atoms with Gasteiger partial charge < -0.3 is 24.4 Å². The molecule has 2 aromatic rings. The first-order valence-corrected chi connectivity index (χ1v) is 9.69. The zero-order valence-electron chi connectivity index (χ0n) is 17.1. The molecule has 1 N–H and O–H groups in total. The lowest BCUT2D eigenvalue weighted by Gasteiger charge is -2.32. The molecule has 8 nitrogen and oxygen atoms in total. The topological polar surface area (TPSA) is 85.8 Å². The van der Waals surface area contributed by atoms with E-state index in [0.29, 0.717) is 6.54 Å². The Kier molecular flexibility index (Phi) is 7.37. The Bertz CT molecular complexity index is 788. The van der Waals surface area contributed by atoms with Crippen LogP contribution in [0.2, 0.25) is 0 Å². The first-order valence-electron chi connectivity index (χ1n) is 9.69. The zero-order valence-corrected chi connectivity index (χ0v) is 17.1. The molecule has 1 fully saturated rings. The number of rotatable bonds is 8. The van der Waals surface area contributed by atoms with E-state index in [1.165, 1.54) is 0 Å². The van der Waals surface area contributed by atoms with E-state index >= 15 is 0 Å². The zero-order chi connectivity index (χ0) is 20.6. The molecule has 29 heavy (non-hydrogen) atoms. The third-order valence-electron chi connectivity index (χ3n) is 5.20. The van der Waals surface area contributed by atoms with Crippen molar-refractivity contribution < 1.29 is 19.0 Å². The summed E-state index contributed by atoms with van der Waals surface area (Å²) in [6.45, 7) is 1.90. The van der Waals surface area contributed by atoms with Gasteiger partial charge in [0.25, 0.3) is 0 Å². The lowest BCUT2D eigenvalue weighted by atomic mass is 9.96. The van der Waals surface area contributed by atoms with Crippen LogP contribution in [0.3, 0.4) is 0 Å². The number of benzene rings is 1. The largest absolute Gasteiger partial charge is 0.497 e. The molecule has 0 radical (unpaired) electrons. The molecular weight excluding hydrogens is 372 g/mol. The standard InChI is InChI=1S/C21H28N4O4/c1-27-17-6-4-15(5-7-17)18-12-19(24-14-23-18)25-10-8-16(9-11-25)21(26)22-13-20(28-2)29-3/h4-7,12,14,16,20H,8-11,13H2,1-3H3,(H,22,26). The third kappa shape index (κ3) is 5.42. The van der Waals surface area contributed by atoms with E-state index in [1.54, 1.807) is 27.7 Å². The molecule has 0 unspecified atom stereocenters. The monoisotopic (exact) mass is 400 g/mol. The normalized spacial score (nSPS) is 14.8. The van der Waals surface area contributed by atoms with Crippen LogP contribution >= 0.6 is 0 Å². The summed E-state index contributed by atoms with van der Waals surface area (Å²) in [5.41, 5.74) is 1.87. The molecule has 1 aliphatic rings. The van der Waals surface area contributed by atoms with E-state index in [2.05, 4.69) is 20.2 Å². The summed E-state index contributed by atoms with van der Waals surface area (Å²) in [5.74, 6) is 1.73. The van der Waals surface area contributed by atoms with E-state index < -0.39 is 6.29 Å². The number of anilines is 1. The van der Waals surface area contributed by atoms with Crippen molar-refractivity contribution in [1.82, 2.24) is 15.3 Å². The Hall–Kier alpha value is -2.71.